The Bertz CT molecular complexity index is 191. The number of guanidine groups is 1. The molecule has 68 valence electrons. The lowest BCUT2D eigenvalue weighted by Crippen LogP contribution is -2.38. The van der Waals surface area contributed by atoms with Gasteiger partial charge in [0.05, 0.1) is 6.54 Å². The van der Waals surface area contributed by atoms with Crippen LogP contribution in [-0.2, 0) is 0 Å². The lowest BCUT2D eigenvalue weighted by atomic mass is 10.1. The molecule has 3 N–H and O–H groups in total. The first-order chi connectivity index (χ1) is 5.77. The highest BCUT2D eigenvalue weighted by Gasteiger charge is 2.29. The highest BCUT2D eigenvalue weighted by atomic mass is 15.3. The summed E-state index contributed by atoms with van der Waals surface area (Å²) in [5.41, 5.74) is 5.91. The van der Waals surface area contributed by atoms with Crippen molar-refractivity contribution in [3.63, 3.8) is 0 Å². The first-order valence-electron chi connectivity index (χ1n) is 4.56. The van der Waals surface area contributed by atoms with Gasteiger partial charge >= 0.3 is 0 Å². The van der Waals surface area contributed by atoms with Gasteiger partial charge in [-0.05, 0) is 5.92 Å². The Morgan fingerprint density at radius 2 is 2.42 bits per heavy atom. The lowest BCUT2D eigenvalue weighted by molar-refractivity contribution is 0.481. The Balaban J connectivity index is 1.98. The van der Waals surface area contributed by atoms with E-state index in [0.29, 0.717) is 12.0 Å². The molecule has 4 nitrogen and oxygen atoms in total. The summed E-state index contributed by atoms with van der Waals surface area (Å²) in [5.74, 6) is 1.64. The van der Waals surface area contributed by atoms with Crippen LogP contribution in [0.3, 0.4) is 0 Å². The van der Waals surface area contributed by atoms with Crippen molar-refractivity contribution >= 4 is 5.96 Å². The van der Waals surface area contributed by atoms with E-state index in [1.54, 1.807) is 0 Å². The number of nitrogens with two attached hydrogens (primary N) is 1. The Kier molecular flexibility index (Phi) is 1.92. The van der Waals surface area contributed by atoms with Gasteiger partial charge in [-0.3, -0.25) is 4.99 Å². The highest BCUT2D eigenvalue weighted by Crippen LogP contribution is 2.14. The van der Waals surface area contributed by atoms with Crippen LogP contribution >= 0.6 is 0 Å². The number of nitrogens with zero attached hydrogens (tertiary/aromatic N) is 2. The molecule has 2 aliphatic heterocycles. The van der Waals surface area contributed by atoms with E-state index in [9.17, 15) is 0 Å². The second-order valence-electron chi connectivity index (χ2n) is 3.68. The minimum atomic E-state index is 0.315. The zero-order valence-electron chi connectivity index (χ0n) is 7.45. The van der Waals surface area contributed by atoms with Gasteiger partial charge in [-0.2, -0.15) is 0 Å². The van der Waals surface area contributed by atoms with Crippen molar-refractivity contribution in [3.05, 3.63) is 0 Å². The second-order valence-corrected chi connectivity index (χ2v) is 3.68. The fraction of sp³-hybridized carbons (Fsp3) is 0.875. The van der Waals surface area contributed by atoms with Crippen LogP contribution in [0.4, 0.5) is 0 Å². The van der Waals surface area contributed by atoms with Crippen LogP contribution in [0, 0.1) is 5.92 Å². The van der Waals surface area contributed by atoms with Gasteiger partial charge in [-0.15, -0.1) is 0 Å². The zero-order valence-corrected chi connectivity index (χ0v) is 7.45. The Morgan fingerprint density at radius 3 is 2.92 bits per heavy atom. The quantitative estimate of drug-likeness (QED) is 0.499. The van der Waals surface area contributed by atoms with Crippen LogP contribution in [0.5, 0.6) is 0 Å². The third-order valence-corrected chi connectivity index (χ3v) is 2.63. The SMILES string of the molecule is CC1CN(C2=NCCN2)CC1N. The molecule has 0 aromatic rings. The van der Waals surface area contributed by atoms with Gasteiger partial charge in [0.15, 0.2) is 5.96 Å². The predicted octanol–water partition coefficient (Wildman–Crippen LogP) is -0.775. The number of likely N-dealkylation sites (tertiary alicyclic amines) is 1. The Morgan fingerprint density at radius 1 is 1.58 bits per heavy atom. The first kappa shape index (κ1) is 7.86. The van der Waals surface area contributed by atoms with E-state index in [2.05, 4.69) is 22.1 Å². The monoisotopic (exact) mass is 168 g/mol. The van der Waals surface area contributed by atoms with Gasteiger partial charge in [0, 0.05) is 25.7 Å². The number of rotatable bonds is 0. The molecular formula is C8H16N4. The largest absolute Gasteiger partial charge is 0.354 e. The smallest absolute Gasteiger partial charge is 0.194 e. The van der Waals surface area contributed by atoms with Crippen LogP contribution in [0.2, 0.25) is 0 Å². The van der Waals surface area contributed by atoms with E-state index in [1.807, 2.05) is 0 Å². The molecule has 1 saturated heterocycles. The van der Waals surface area contributed by atoms with E-state index in [0.717, 1.165) is 32.1 Å². The zero-order chi connectivity index (χ0) is 8.55. The maximum absolute atomic E-state index is 5.91. The molecular weight excluding hydrogens is 152 g/mol. The van der Waals surface area contributed by atoms with Crippen molar-refractivity contribution in [1.82, 2.24) is 10.2 Å². The van der Waals surface area contributed by atoms with Crippen molar-refractivity contribution in [2.24, 2.45) is 16.6 Å². The summed E-state index contributed by atoms with van der Waals surface area (Å²) in [4.78, 5) is 6.61. The number of aliphatic imine (C=N–C) groups is 1. The third kappa shape index (κ3) is 1.27. The maximum Gasteiger partial charge on any atom is 0.194 e. The van der Waals surface area contributed by atoms with Crippen molar-refractivity contribution in [2.45, 2.75) is 13.0 Å². The minimum absolute atomic E-state index is 0.315. The fourth-order valence-electron chi connectivity index (χ4n) is 1.76. The van der Waals surface area contributed by atoms with Crippen LogP contribution < -0.4 is 11.1 Å². The molecule has 1 fully saturated rings. The predicted molar refractivity (Wildman–Crippen MR) is 49.0 cm³/mol. The maximum atomic E-state index is 5.91. The summed E-state index contributed by atoms with van der Waals surface area (Å²) < 4.78 is 0. The molecule has 0 aromatic carbocycles. The van der Waals surface area contributed by atoms with E-state index in [4.69, 9.17) is 5.73 Å². The summed E-state index contributed by atoms with van der Waals surface area (Å²) in [6.45, 7) is 6.09. The Labute approximate surface area is 72.8 Å². The van der Waals surface area contributed by atoms with Crippen LogP contribution in [0.15, 0.2) is 4.99 Å². The second kappa shape index (κ2) is 2.94. The molecule has 12 heavy (non-hydrogen) atoms. The molecule has 2 unspecified atom stereocenters. The van der Waals surface area contributed by atoms with Crippen LogP contribution in [0.25, 0.3) is 0 Å². The molecule has 0 radical (unpaired) electrons. The van der Waals surface area contributed by atoms with Crippen LogP contribution in [0.1, 0.15) is 6.92 Å². The standard InChI is InChI=1S/C8H16N4/c1-6-4-12(5-7(6)9)8-10-2-3-11-8/h6-7H,2-5,9H2,1H3,(H,10,11). The van der Waals surface area contributed by atoms with Crippen LogP contribution in [-0.4, -0.2) is 43.1 Å². The average molecular weight is 168 g/mol. The highest BCUT2D eigenvalue weighted by molar-refractivity contribution is 5.81. The summed E-state index contributed by atoms with van der Waals surface area (Å²) in [6.07, 6.45) is 0. The summed E-state index contributed by atoms with van der Waals surface area (Å²) >= 11 is 0. The molecule has 0 aromatic heterocycles. The summed E-state index contributed by atoms with van der Waals surface area (Å²) in [7, 11) is 0. The molecule has 4 heteroatoms. The van der Waals surface area contributed by atoms with Crippen molar-refractivity contribution in [1.29, 1.82) is 0 Å². The van der Waals surface area contributed by atoms with Gasteiger partial charge in [0.1, 0.15) is 0 Å². The normalized spacial score (nSPS) is 35.2. The molecule has 2 heterocycles. The van der Waals surface area contributed by atoms with Gasteiger partial charge in [0.25, 0.3) is 0 Å². The molecule has 2 atom stereocenters. The van der Waals surface area contributed by atoms with Gasteiger partial charge in [-0.1, -0.05) is 6.92 Å². The van der Waals surface area contributed by atoms with Crippen molar-refractivity contribution in [3.8, 4) is 0 Å². The fourth-order valence-corrected chi connectivity index (χ4v) is 1.76. The molecule has 2 rings (SSSR count). The molecule has 2 aliphatic rings. The molecule has 0 amide bonds. The van der Waals surface area contributed by atoms with Gasteiger partial charge in [0.2, 0.25) is 0 Å². The molecule has 0 aliphatic carbocycles. The average Bonchev–Trinajstić information content (AvgIpc) is 2.61. The van der Waals surface area contributed by atoms with E-state index in [-0.39, 0.29) is 0 Å². The lowest BCUT2D eigenvalue weighted by Gasteiger charge is -2.17. The van der Waals surface area contributed by atoms with Gasteiger partial charge in [-0.25, -0.2) is 0 Å². The first-order valence-corrected chi connectivity index (χ1v) is 4.56. The summed E-state index contributed by atoms with van der Waals surface area (Å²) in [5, 5.41) is 3.26. The topological polar surface area (TPSA) is 53.6 Å². The third-order valence-electron chi connectivity index (χ3n) is 2.63. The van der Waals surface area contributed by atoms with E-state index >= 15 is 0 Å². The van der Waals surface area contributed by atoms with Crippen molar-refractivity contribution in [2.75, 3.05) is 26.2 Å². The van der Waals surface area contributed by atoms with Gasteiger partial charge < -0.3 is 16.0 Å². The molecule has 0 spiro atoms. The number of hydrogen-bond acceptors (Lipinski definition) is 4. The van der Waals surface area contributed by atoms with Crippen molar-refractivity contribution < 1.29 is 0 Å². The minimum Gasteiger partial charge on any atom is -0.354 e. The van der Waals surface area contributed by atoms with E-state index < -0.39 is 0 Å². The summed E-state index contributed by atoms with van der Waals surface area (Å²) in [6, 6.07) is 0.315. The Hall–Kier alpha value is -0.770. The molecule has 0 bridgehead atoms. The van der Waals surface area contributed by atoms with E-state index in [1.165, 1.54) is 0 Å². The molecule has 0 saturated carbocycles. The number of nitrogens with one attached hydrogen (secondary N) is 1. The number of hydrogen-bond donors (Lipinski definition) is 2.